The largest absolute Gasteiger partial charge is 0.368 e. The van der Waals surface area contributed by atoms with E-state index in [1.54, 1.807) is 18.3 Å². The van der Waals surface area contributed by atoms with E-state index in [9.17, 15) is 0 Å². The summed E-state index contributed by atoms with van der Waals surface area (Å²) in [4.78, 5) is 11.7. The number of aliphatic imine (C=N–C) groups is 2. The first-order chi connectivity index (χ1) is 8.24. The number of aromatic amines is 1. The highest BCUT2D eigenvalue weighted by Crippen LogP contribution is 2.07. The first-order valence-electron chi connectivity index (χ1n) is 4.73. The molecule has 0 fully saturated rings. The lowest BCUT2D eigenvalue weighted by atomic mass is 10.2. The molecule has 0 spiro atoms. The molecule has 0 atom stereocenters. The van der Waals surface area contributed by atoms with E-state index in [0.29, 0.717) is 11.0 Å². The molecule has 0 aliphatic carbocycles. The summed E-state index contributed by atoms with van der Waals surface area (Å²) in [5.74, 6) is 0.410. The maximum atomic E-state index is 5.76. The normalized spacial score (nSPS) is 12.2. The van der Waals surface area contributed by atoms with Gasteiger partial charge in [0.2, 0.25) is 11.9 Å². The molecule has 3 N–H and O–H groups in total. The number of hydrogen-bond acceptors (Lipinski definition) is 3. The van der Waals surface area contributed by atoms with Gasteiger partial charge in [-0.2, -0.15) is 15.1 Å². The molecule has 0 aliphatic heterocycles. The Hall–Kier alpha value is -2.21. The Morgan fingerprint density at radius 2 is 2.12 bits per heavy atom. The number of rotatable bonds is 2. The third-order valence-corrected chi connectivity index (χ3v) is 2.09. The smallest absolute Gasteiger partial charge is 0.248 e. The first-order valence-corrected chi connectivity index (χ1v) is 5.11. The van der Waals surface area contributed by atoms with Crippen LogP contribution in [-0.4, -0.2) is 27.4 Å². The lowest BCUT2D eigenvalue weighted by Crippen LogP contribution is -2.08. The number of H-pyrrole nitrogens is 1. The Labute approximate surface area is 102 Å². The minimum absolute atomic E-state index is 0.0942. The van der Waals surface area contributed by atoms with E-state index in [1.165, 1.54) is 6.33 Å². The highest BCUT2D eigenvalue weighted by molar-refractivity contribution is 6.30. The molecule has 0 aliphatic rings. The SMILES string of the molecule is NC(/N=C/c1ccc(Cl)cc1)=N\c1ncn[nH]1. The molecule has 1 aromatic heterocycles. The molecule has 2 rings (SSSR count). The van der Waals surface area contributed by atoms with Gasteiger partial charge in [-0.1, -0.05) is 23.7 Å². The van der Waals surface area contributed by atoms with Crippen molar-refractivity contribution in [1.82, 2.24) is 15.2 Å². The van der Waals surface area contributed by atoms with E-state index in [0.717, 1.165) is 5.56 Å². The Morgan fingerprint density at radius 1 is 1.35 bits per heavy atom. The van der Waals surface area contributed by atoms with Crippen LogP contribution in [0.3, 0.4) is 0 Å². The van der Waals surface area contributed by atoms with Crippen molar-refractivity contribution in [3.63, 3.8) is 0 Å². The number of guanidine groups is 1. The summed E-state index contributed by atoms with van der Waals surface area (Å²) in [5, 5.41) is 6.86. The molecular weight excluding hydrogens is 240 g/mol. The van der Waals surface area contributed by atoms with E-state index in [4.69, 9.17) is 17.3 Å². The van der Waals surface area contributed by atoms with Gasteiger partial charge in [0, 0.05) is 11.2 Å². The zero-order valence-electron chi connectivity index (χ0n) is 8.71. The van der Waals surface area contributed by atoms with E-state index in [1.807, 2.05) is 12.1 Å². The lowest BCUT2D eigenvalue weighted by Gasteiger charge is -1.93. The van der Waals surface area contributed by atoms with Crippen molar-refractivity contribution in [2.24, 2.45) is 15.7 Å². The maximum absolute atomic E-state index is 5.76. The van der Waals surface area contributed by atoms with E-state index in [2.05, 4.69) is 25.2 Å². The highest BCUT2D eigenvalue weighted by atomic mass is 35.5. The van der Waals surface area contributed by atoms with Crippen LogP contribution in [0.2, 0.25) is 5.02 Å². The minimum Gasteiger partial charge on any atom is -0.368 e. The van der Waals surface area contributed by atoms with E-state index >= 15 is 0 Å². The third-order valence-electron chi connectivity index (χ3n) is 1.84. The van der Waals surface area contributed by atoms with Crippen molar-refractivity contribution in [1.29, 1.82) is 0 Å². The lowest BCUT2D eigenvalue weighted by molar-refractivity contribution is 1.08. The van der Waals surface area contributed by atoms with Crippen LogP contribution in [0.5, 0.6) is 0 Å². The number of nitrogens with one attached hydrogen (secondary N) is 1. The standard InChI is InChI=1S/C10H9ClN6/c11-8-3-1-7(2-4-8)5-13-9(12)16-10-14-6-15-17-10/h1-6H,(H3,12,14,15,16,17)/b13-5+. The number of aromatic nitrogens is 3. The van der Waals surface area contributed by atoms with Crippen LogP contribution < -0.4 is 5.73 Å². The molecule has 1 aromatic carbocycles. The summed E-state index contributed by atoms with van der Waals surface area (Å²) in [5.41, 5.74) is 6.46. The van der Waals surface area contributed by atoms with Crippen LogP contribution in [0.4, 0.5) is 5.95 Å². The molecule has 7 heteroatoms. The maximum Gasteiger partial charge on any atom is 0.248 e. The second-order valence-electron chi connectivity index (χ2n) is 3.09. The number of nitrogens with zero attached hydrogens (tertiary/aromatic N) is 4. The predicted octanol–water partition coefficient (Wildman–Crippen LogP) is 1.52. The third kappa shape index (κ3) is 3.39. The van der Waals surface area contributed by atoms with Gasteiger partial charge in [0.25, 0.3) is 0 Å². The average Bonchev–Trinajstić information content (AvgIpc) is 2.81. The van der Waals surface area contributed by atoms with Gasteiger partial charge < -0.3 is 5.73 Å². The quantitative estimate of drug-likeness (QED) is 0.623. The molecule has 0 unspecified atom stereocenters. The Balaban J connectivity index is 2.08. The van der Waals surface area contributed by atoms with Crippen molar-refractivity contribution in [3.8, 4) is 0 Å². The second kappa shape index (κ2) is 5.22. The fourth-order valence-corrected chi connectivity index (χ4v) is 1.21. The summed E-state index contributed by atoms with van der Waals surface area (Å²) in [6.45, 7) is 0. The van der Waals surface area contributed by atoms with Crippen molar-refractivity contribution in [3.05, 3.63) is 41.2 Å². The van der Waals surface area contributed by atoms with Gasteiger partial charge in [0.05, 0.1) is 0 Å². The van der Waals surface area contributed by atoms with Crippen LogP contribution in [-0.2, 0) is 0 Å². The molecule has 17 heavy (non-hydrogen) atoms. The molecule has 86 valence electrons. The zero-order valence-corrected chi connectivity index (χ0v) is 9.46. The molecule has 0 saturated heterocycles. The van der Waals surface area contributed by atoms with Crippen LogP contribution >= 0.6 is 11.6 Å². The summed E-state index contributed by atoms with van der Waals surface area (Å²) >= 11 is 5.76. The molecule has 0 amide bonds. The fourth-order valence-electron chi connectivity index (χ4n) is 1.08. The molecule has 2 aromatic rings. The molecule has 1 heterocycles. The summed E-state index contributed by atoms with van der Waals surface area (Å²) in [6, 6.07) is 7.19. The Morgan fingerprint density at radius 3 is 2.76 bits per heavy atom. The van der Waals surface area contributed by atoms with Gasteiger partial charge in [-0.05, 0) is 17.7 Å². The van der Waals surface area contributed by atoms with Crippen LogP contribution in [0, 0.1) is 0 Å². The molecule has 0 bridgehead atoms. The van der Waals surface area contributed by atoms with Crippen molar-refractivity contribution in [2.45, 2.75) is 0 Å². The zero-order chi connectivity index (χ0) is 12.1. The topological polar surface area (TPSA) is 92.3 Å². The van der Waals surface area contributed by atoms with E-state index in [-0.39, 0.29) is 5.96 Å². The molecular formula is C10H9ClN6. The molecule has 0 radical (unpaired) electrons. The number of benzene rings is 1. The summed E-state index contributed by atoms with van der Waals surface area (Å²) < 4.78 is 0. The minimum atomic E-state index is 0.0942. The van der Waals surface area contributed by atoms with Crippen molar-refractivity contribution < 1.29 is 0 Å². The summed E-state index contributed by atoms with van der Waals surface area (Å²) in [7, 11) is 0. The fraction of sp³-hybridized carbons (Fsp3) is 0. The van der Waals surface area contributed by atoms with Gasteiger partial charge in [0.15, 0.2) is 0 Å². The first kappa shape index (κ1) is 11.3. The number of nitrogens with two attached hydrogens (primary N) is 1. The van der Waals surface area contributed by atoms with Crippen LogP contribution in [0.1, 0.15) is 5.56 Å². The van der Waals surface area contributed by atoms with Gasteiger partial charge in [-0.15, -0.1) is 0 Å². The molecule has 6 nitrogen and oxygen atoms in total. The summed E-state index contributed by atoms with van der Waals surface area (Å²) in [6.07, 6.45) is 2.93. The van der Waals surface area contributed by atoms with Gasteiger partial charge >= 0.3 is 0 Å². The van der Waals surface area contributed by atoms with Crippen LogP contribution in [0.15, 0.2) is 40.6 Å². The predicted molar refractivity (Wildman–Crippen MR) is 66.7 cm³/mol. The average molecular weight is 249 g/mol. The van der Waals surface area contributed by atoms with Gasteiger partial charge in [0.1, 0.15) is 6.33 Å². The van der Waals surface area contributed by atoms with Gasteiger partial charge in [-0.25, -0.2) is 10.1 Å². The van der Waals surface area contributed by atoms with Crippen LogP contribution in [0.25, 0.3) is 0 Å². The Kier molecular flexibility index (Phi) is 3.46. The number of halogens is 1. The van der Waals surface area contributed by atoms with Crippen molar-refractivity contribution in [2.75, 3.05) is 0 Å². The number of hydrogen-bond donors (Lipinski definition) is 2. The van der Waals surface area contributed by atoms with Gasteiger partial charge in [-0.3, -0.25) is 0 Å². The van der Waals surface area contributed by atoms with Crippen molar-refractivity contribution >= 4 is 29.7 Å². The monoisotopic (exact) mass is 248 g/mol. The Bertz CT molecular complexity index is 528. The highest BCUT2D eigenvalue weighted by Gasteiger charge is 1.93. The second-order valence-corrected chi connectivity index (χ2v) is 3.53. The van der Waals surface area contributed by atoms with E-state index < -0.39 is 0 Å². The molecule has 0 saturated carbocycles.